The number of carbonyl (C=O) groups excluding carboxylic acids is 2. The van der Waals surface area contributed by atoms with E-state index < -0.39 is 18.0 Å². The smallest absolute Gasteiger partial charge is 0.411 e. The Kier molecular flexibility index (Phi) is 6.44. The zero-order valence-electron chi connectivity index (χ0n) is 15.8. The minimum atomic E-state index is -0.871. The van der Waals surface area contributed by atoms with Crippen LogP contribution < -0.4 is 10.1 Å². The van der Waals surface area contributed by atoms with Crippen molar-refractivity contribution in [1.82, 2.24) is 0 Å². The summed E-state index contributed by atoms with van der Waals surface area (Å²) in [5.74, 6) is -0.847. The highest BCUT2D eigenvalue weighted by Crippen LogP contribution is 2.41. The lowest BCUT2D eigenvalue weighted by Gasteiger charge is -2.19. The van der Waals surface area contributed by atoms with Crippen LogP contribution in [0.3, 0.4) is 0 Å². The Morgan fingerprint density at radius 3 is 2.59 bits per heavy atom. The van der Waals surface area contributed by atoms with Gasteiger partial charge in [-0.05, 0) is 32.3 Å². The normalized spacial score (nSPS) is 13.0. The fourth-order valence-corrected chi connectivity index (χ4v) is 3.03. The summed E-state index contributed by atoms with van der Waals surface area (Å²) in [5, 5.41) is 11.4. The van der Waals surface area contributed by atoms with Crippen LogP contribution in [-0.4, -0.2) is 37.4 Å². The number of allylic oxidation sites excluding steroid dienone is 2. The van der Waals surface area contributed by atoms with Crippen LogP contribution in [0.4, 0.5) is 10.5 Å². The van der Waals surface area contributed by atoms with Gasteiger partial charge in [0.1, 0.15) is 12.4 Å². The van der Waals surface area contributed by atoms with E-state index in [0.29, 0.717) is 41.0 Å². The topological polar surface area (TPSA) is 111 Å². The number of methoxy groups -OCH3 is 2. The van der Waals surface area contributed by atoms with Crippen molar-refractivity contribution in [3.63, 3.8) is 0 Å². The summed E-state index contributed by atoms with van der Waals surface area (Å²) < 4.78 is 15.4. The molecule has 0 aromatic heterocycles. The number of amides is 1. The Hall–Kier alpha value is -3.03. The Balaban J connectivity index is 2.53. The molecule has 1 aliphatic rings. The Morgan fingerprint density at radius 1 is 1.30 bits per heavy atom. The van der Waals surface area contributed by atoms with Crippen LogP contribution in [0.2, 0.25) is 0 Å². The van der Waals surface area contributed by atoms with Crippen molar-refractivity contribution in [3.8, 4) is 5.75 Å². The second-order valence-electron chi connectivity index (χ2n) is 6.21. The quantitative estimate of drug-likeness (QED) is 0.554. The van der Waals surface area contributed by atoms with E-state index in [2.05, 4.69) is 10.1 Å². The molecule has 0 aliphatic carbocycles. The van der Waals surface area contributed by atoms with Crippen molar-refractivity contribution in [1.29, 1.82) is 0 Å². The maximum atomic E-state index is 12.2. The number of hydrogen-bond donors (Lipinski definition) is 2. The average Bonchev–Trinajstić information content (AvgIpc) is 3.02. The maximum Gasteiger partial charge on any atom is 0.411 e. The molecule has 1 aromatic rings. The molecule has 8 nitrogen and oxygen atoms in total. The molecule has 1 heterocycles. The summed E-state index contributed by atoms with van der Waals surface area (Å²) in [6.45, 7) is 3.77. The van der Waals surface area contributed by atoms with Crippen molar-refractivity contribution in [2.75, 3.05) is 19.5 Å². The van der Waals surface area contributed by atoms with Gasteiger partial charge in [-0.1, -0.05) is 11.6 Å². The third-order valence-corrected chi connectivity index (χ3v) is 4.48. The third kappa shape index (κ3) is 4.39. The number of carbonyl (C=O) groups is 3. The SMILES string of the molecule is COC(=O)Nc1c(C/C=C(\C)CCC(=O)O)c(OC)c(C)c2c1C(=O)OC2. The number of aliphatic carboxylic acids is 1. The molecule has 0 unspecified atom stereocenters. The summed E-state index contributed by atoms with van der Waals surface area (Å²) in [4.78, 5) is 34.8. The molecule has 0 spiro atoms. The molecular formula is C19H23NO7. The number of cyclic esters (lactones) is 1. The van der Waals surface area contributed by atoms with Gasteiger partial charge in [0.15, 0.2) is 0 Å². The number of rotatable bonds is 7. The van der Waals surface area contributed by atoms with Gasteiger partial charge in [-0.2, -0.15) is 0 Å². The molecular weight excluding hydrogens is 354 g/mol. The van der Waals surface area contributed by atoms with E-state index in [4.69, 9.17) is 14.6 Å². The number of nitrogens with one attached hydrogen (secondary N) is 1. The molecule has 146 valence electrons. The standard InChI is InChI=1S/C19H23NO7/c1-10(6-8-14(21)22)5-7-12-16(20-19(24)26-4)15-13(9-27-18(15)23)11(2)17(12)25-3/h5H,6-9H2,1-4H3,(H,20,24)(H,21,22)/b10-5+. The predicted molar refractivity (Wildman–Crippen MR) is 97.2 cm³/mol. The number of fused-ring (bicyclic) bond motifs is 1. The van der Waals surface area contributed by atoms with Gasteiger partial charge in [0.25, 0.3) is 0 Å². The average molecular weight is 377 g/mol. The fraction of sp³-hybridized carbons (Fsp3) is 0.421. The van der Waals surface area contributed by atoms with Gasteiger partial charge >= 0.3 is 18.0 Å². The van der Waals surface area contributed by atoms with Gasteiger partial charge in [0.05, 0.1) is 25.5 Å². The summed E-state index contributed by atoms with van der Waals surface area (Å²) >= 11 is 0. The first-order valence-electron chi connectivity index (χ1n) is 8.41. The minimum absolute atomic E-state index is 0.0300. The van der Waals surface area contributed by atoms with Crippen LogP contribution in [0, 0.1) is 6.92 Å². The minimum Gasteiger partial charge on any atom is -0.496 e. The summed E-state index contributed by atoms with van der Waals surface area (Å²) in [6.07, 6.45) is 1.92. The van der Waals surface area contributed by atoms with E-state index in [-0.39, 0.29) is 13.0 Å². The van der Waals surface area contributed by atoms with Gasteiger partial charge < -0.3 is 19.3 Å². The van der Waals surface area contributed by atoms with Crippen LogP contribution in [0.5, 0.6) is 5.75 Å². The Bertz CT molecular complexity index is 811. The lowest BCUT2D eigenvalue weighted by Crippen LogP contribution is -2.17. The van der Waals surface area contributed by atoms with Crippen molar-refractivity contribution in [2.45, 2.75) is 39.7 Å². The molecule has 2 N–H and O–H groups in total. The Morgan fingerprint density at radius 2 is 2.00 bits per heavy atom. The first-order chi connectivity index (χ1) is 12.8. The molecule has 1 aliphatic heterocycles. The van der Waals surface area contributed by atoms with E-state index in [1.165, 1.54) is 14.2 Å². The second kappa shape index (κ2) is 8.57. The molecule has 2 rings (SSSR count). The molecule has 0 radical (unpaired) electrons. The van der Waals surface area contributed by atoms with Gasteiger partial charge in [0.2, 0.25) is 0 Å². The second-order valence-corrected chi connectivity index (χ2v) is 6.21. The van der Waals surface area contributed by atoms with E-state index in [9.17, 15) is 14.4 Å². The van der Waals surface area contributed by atoms with Crippen molar-refractivity contribution in [3.05, 3.63) is 33.9 Å². The molecule has 8 heteroatoms. The van der Waals surface area contributed by atoms with Crippen LogP contribution in [0.15, 0.2) is 11.6 Å². The summed E-state index contributed by atoms with van der Waals surface area (Å²) in [5.41, 5.74) is 3.50. The van der Waals surface area contributed by atoms with Gasteiger partial charge in [-0.3, -0.25) is 10.1 Å². The molecule has 0 fully saturated rings. The summed E-state index contributed by atoms with van der Waals surface area (Å²) in [6, 6.07) is 0. The molecule has 27 heavy (non-hydrogen) atoms. The van der Waals surface area contributed by atoms with Crippen molar-refractivity contribution >= 4 is 23.7 Å². The molecule has 0 saturated carbocycles. The third-order valence-electron chi connectivity index (χ3n) is 4.48. The number of carboxylic acid groups (broad SMARTS) is 1. The van der Waals surface area contributed by atoms with Crippen molar-refractivity contribution in [2.24, 2.45) is 0 Å². The monoisotopic (exact) mass is 377 g/mol. The van der Waals surface area contributed by atoms with E-state index >= 15 is 0 Å². The molecule has 0 atom stereocenters. The molecule has 0 saturated heterocycles. The maximum absolute atomic E-state index is 12.2. The van der Waals surface area contributed by atoms with E-state index in [1.807, 2.05) is 19.9 Å². The van der Waals surface area contributed by atoms with E-state index in [1.54, 1.807) is 0 Å². The lowest BCUT2D eigenvalue weighted by atomic mass is 9.93. The molecule has 0 bridgehead atoms. The highest BCUT2D eigenvalue weighted by Gasteiger charge is 2.32. The highest BCUT2D eigenvalue weighted by atomic mass is 16.5. The largest absolute Gasteiger partial charge is 0.496 e. The van der Waals surface area contributed by atoms with Crippen LogP contribution >= 0.6 is 0 Å². The number of benzene rings is 1. The van der Waals surface area contributed by atoms with Crippen LogP contribution in [0.25, 0.3) is 0 Å². The van der Waals surface area contributed by atoms with Crippen LogP contribution in [0.1, 0.15) is 46.8 Å². The molecule has 1 amide bonds. The van der Waals surface area contributed by atoms with Gasteiger partial charge in [0, 0.05) is 17.5 Å². The zero-order valence-corrected chi connectivity index (χ0v) is 15.8. The summed E-state index contributed by atoms with van der Waals surface area (Å²) in [7, 11) is 2.74. The first-order valence-corrected chi connectivity index (χ1v) is 8.41. The number of ether oxygens (including phenoxy) is 3. The number of carboxylic acids is 1. The number of anilines is 1. The predicted octanol–water partition coefficient (Wildman–Crippen LogP) is 3.21. The zero-order chi connectivity index (χ0) is 20.1. The Labute approximate surface area is 157 Å². The molecule has 1 aromatic carbocycles. The number of esters is 1. The van der Waals surface area contributed by atoms with Gasteiger partial charge in [-0.25, -0.2) is 9.59 Å². The van der Waals surface area contributed by atoms with Crippen LogP contribution in [-0.2, 0) is 27.3 Å². The van der Waals surface area contributed by atoms with Gasteiger partial charge in [-0.15, -0.1) is 0 Å². The van der Waals surface area contributed by atoms with E-state index in [0.717, 1.165) is 11.1 Å². The first kappa shape index (κ1) is 20.3. The highest BCUT2D eigenvalue weighted by molar-refractivity contribution is 6.04. The lowest BCUT2D eigenvalue weighted by molar-refractivity contribution is -0.136. The van der Waals surface area contributed by atoms with Crippen molar-refractivity contribution < 1.29 is 33.7 Å². The fourth-order valence-electron chi connectivity index (χ4n) is 3.03. The number of hydrogen-bond acceptors (Lipinski definition) is 6.